The monoisotopic (exact) mass is 323 g/mol. The number of nitrogens with zero attached hydrogens (tertiary/aromatic N) is 3. The summed E-state index contributed by atoms with van der Waals surface area (Å²) in [6.45, 7) is -0.925. The van der Waals surface area contributed by atoms with E-state index in [9.17, 15) is 24.5 Å². The summed E-state index contributed by atoms with van der Waals surface area (Å²) in [7, 11) is 1.33. The summed E-state index contributed by atoms with van der Waals surface area (Å²) in [5, 5.41) is 19.4. The molecule has 0 atom stereocenters. The first-order chi connectivity index (χ1) is 10.8. The number of non-ortho nitro benzene ring substituents is 1. The molecule has 0 bridgehead atoms. The zero-order valence-corrected chi connectivity index (χ0v) is 12.1. The largest absolute Gasteiger partial charge is 0.480 e. The number of esters is 1. The van der Waals surface area contributed by atoms with E-state index < -0.39 is 29.3 Å². The van der Waals surface area contributed by atoms with Crippen LogP contribution in [0, 0.1) is 10.1 Å². The highest BCUT2D eigenvalue weighted by molar-refractivity contribution is 5.90. The molecule has 0 saturated carbocycles. The highest BCUT2D eigenvalue weighted by atomic mass is 16.6. The first-order valence-corrected chi connectivity index (χ1v) is 6.47. The molecule has 0 radical (unpaired) electrons. The molecule has 0 saturated heterocycles. The van der Waals surface area contributed by atoms with Gasteiger partial charge < -0.3 is 19.6 Å². The molecule has 122 valence electrons. The Balaban J connectivity index is 2.21. The molecule has 10 heteroatoms. The second kappa shape index (κ2) is 6.30. The Kier molecular flexibility index (Phi) is 4.44. The minimum atomic E-state index is -1.16. The van der Waals surface area contributed by atoms with Crippen molar-refractivity contribution in [2.75, 3.05) is 31.6 Å². The van der Waals surface area contributed by atoms with Gasteiger partial charge in [-0.05, 0) is 6.07 Å². The number of rotatable bonds is 5. The van der Waals surface area contributed by atoms with Gasteiger partial charge in [-0.15, -0.1) is 0 Å². The average molecular weight is 323 g/mol. The average Bonchev–Trinajstić information content (AvgIpc) is 2.45. The molecule has 1 aliphatic rings. The fraction of sp³-hybridized carbons (Fsp3) is 0.308. The number of ether oxygens (including phenoxy) is 1. The van der Waals surface area contributed by atoms with Gasteiger partial charge in [0.1, 0.15) is 13.1 Å². The number of amides is 1. The molecule has 1 amide bonds. The van der Waals surface area contributed by atoms with Crippen LogP contribution in [0.1, 0.15) is 0 Å². The van der Waals surface area contributed by atoms with Crippen molar-refractivity contribution in [2.45, 2.75) is 0 Å². The molecule has 1 aromatic carbocycles. The van der Waals surface area contributed by atoms with Crippen molar-refractivity contribution in [3.63, 3.8) is 0 Å². The molecule has 1 N–H and O–H groups in total. The normalized spacial score (nSPS) is 13.1. The number of aliphatic carboxylic acids is 1. The summed E-state index contributed by atoms with van der Waals surface area (Å²) in [6.07, 6.45) is 0. The van der Waals surface area contributed by atoms with Crippen molar-refractivity contribution in [3.8, 4) is 5.75 Å². The summed E-state index contributed by atoms with van der Waals surface area (Å²) >= 11 is 0. The SMILES string of the molecule is CN(CC(=O)O)C(=O)CN1CC(=O)Oc2cc([N+](=O)[O-])ccc21. The third-order valence-corrected chi connectivity index (χ3v) is 3.16. The van der Waals surface area contributed by atoms with Crippen LogP contribution in [-0.2, 0) is 14.4 Å². The highest BCUT2D eigenvalue weighted by Gasteiger charge is 2.28. The first kappa shape index (κ1) is 16.2. The van der Waals surface area contributed by atoms with Gasteiger partial charge in [-0.1, -0.05) is 0 Å². The fourth-order valence-electron chi connectivity index (χ4n) is 2.07. The smallest absolute Gasteiger partial charge is 0.331 e. The second-order valence-electron chi connectivity index (χ2n) is 4.88. The number of likely N-dealkylation sites (N-methyl/N-ethyl adjacent to an activating group) is 1. The predicted octanol–water partition coefficient (Wildman–Crippen LogP) is -0.137. The number of fused-ring (bicyclic) bond motifs is 1. The van der Waals surface area contributed by atoms with E-state index in [-0.39, 0.29) is 24.5 Å². The summed E-state index contributed by atoms with van der Waals surface area (Å²) in [5.41, 5.74) is 0.111. The van der Waals surface area contributed by atoms with Crippen molar-refractivity contribution in [3.05, 3.63) is 28.3 Å². The molecule has 0 spiro atoms. The van der Waals surface area contributed by atoms with Crippen LogP contribution in [0.25, 0.3) is 0 Å². The van der Waals surface area contributed by atoms with Crippen LogP contribution in [0.15, 0.2) is 18.2 Å². The molecule has 0 unspecified atom stereocenters. The third kappa shape index (κ3) is 3.73. The Morgan fingerprint density at radius 1 is 1.48 bits per heavy atom. The molecule has 10 nitrogen and oxygen atoms in total. The van der Waals surface area contributed by atoms with E-state index in [1.807, 2.05) is 0 Å². The number of nitro benzene ring substituents is 1. The summed E-state index contributed by atoms with van der Waals surface area (Å²) in [4.78, 5) is 46.7. The van der Waals surface area contributed by atoms with Crippen LogP contribution in [0.3, 0.4) is 0 Å². The molecule has 2 rings (SSSR count). The van der Waals surface area contributed by atoms with E-state index in [1.54, 1.807) is 0 Å². The number of hydrogen-bond donors (Lipinski definition) is 1. The van der Waals surface area contributed by atoms with Crippen molar-refractivity contribution in [2.24, 2.45) is 0 Å². The molecular weight excluding hydrogens is 310 g/mol. The third-order valence-electron chi connectivity index (χ3n) is 3.16. The molecule has 23 heavy (non-hydrogen) atoms. The molecule has 0 aromatic heterocycles. The topological polar surface area (TPSA) is 130 Å². The van der Waals surface area contributed by atoms with Gasteiger partial charge >= 0.3 is 11.9 Å². The van der Waals surface area contributed by atoms with Crippen LogP contribution in [-0.4, -0.2) is 59.5 Å². The Morgan fingerprint density at radius 3 is 2.78 bits per heavy atom. The second-order valence-corrected chi connectivity index (χ2v) is 4.88. The Labute approximate surface area is 130 Å². The minimum absolute atomic E-state index is 0.0101. The van der Waals surface area contributed by atoms with E-state index in [4.69, 9.17) is 9.84 Å². The zero-order chi connectivity index (χ0) is 17.1. The number of carboxylic acids is 1. The van der Waals surface area contributed by atoms with Gasteiger partial charge in [0.05, 0.1) is 23.2 Å². The lowest BCUT2D eigenvalue weighted by molar-refractivity contribution is -0.384. The number of hydrogen-bond acceptors (Lipinski definition) is 7. The van der Waals surface area contributed by atoms with Crippen molar-refractivity contribution < 1.29 is 29.2 Å². The minimum Gasteiger partial charge on any atom is -0.480 e. The lowest BCUT2D eigenvalue weighted by Gasteiger charge is -2.30. The Hall–Kier alpha value is -3.17. The quantitative estimate of drug-likeness (QED) is 0.343. The highest BCUT2D eigenvalue weighted by Crippen LogP contribution is 2.34. The van der Waals surface area contributed by atoms with E-state index >= 15 is 0 Å². The van der Waals surface area contributed by atoms with Gasteiger partial charge in [0, 0.05) is 13.1 Å². The molecule has 1 aliphatic heterocycles. The number of anilines is 1. The van der Waals surface area contributed by atoms with E-state index in [1.165, 1.54) is 24.1 Å². The van der Waals surface area contributed by atoms with Gasteiger partial charge in [0.15, 0.2) is 5.75 Å². The van der Waals surface area contributed by atoms with Crippen LogP contribution in [0.4, 0.5) is 11.4 Å². The van der Waals surface area contributed by atoms with Crippen molar-refractivity contribution in [1.82, 2.24) is 4.90 Å². The van der Waals surface area contributed by atoms with E-state index in [0.29, 0.717) is 5.69 Å². The maximum Gasteiger partial charge on any atom is 0.331 e. The Morgan fingerprint density at radius 2 is 2.17 bits per heavy atom. The van der Waals surface area contributed by atoms with Gasteiger partial charge in [-0.2, -0.15) is 0 Å². The maximum absolute atomic E-state index is 12.0. The van der Waals surface area contributed by atoms with Crippen LogP contribution < -0.4 is 9.64 Å². The lowest BCUT2D eigenvalue weighted by Crippen LogP contribution is -2.45. The maximum atomic E-state index is 12.0. The summed E-state index contributed by atoms with van der Waals surface area (Å²) in [6, 6.07) is 3.71. The van der Waals surface area contributed by atoms with Crippen LogP contribution in [0.2, 0.25) is 0 Å². The van der Waals surface area contributed by atoms with Gasteiger partial charge in [0.25, 0.3) is 5.69 Å². The van der Waals surface area contributed by atoms with Crippen molar-refractivity contribution in [1.29, 1.82) is 0 Å². The molecule has 1 heterocycles. The predicted molar refractivity (Wildman–Crippen MR) is 76.2 cm³/mol. The number of carbonyl (C=O) groups excluding carboxylic acids is 2. The number of carbonyl (C=O) groups is 3. The van der Waals surface area contributed by atoms with Crippen molar-refractivity contribution >= 4 is 29.2 Å². The van der Waals surface area contributed by atoms with Gasteiger partial charge in [-0.3, -0.25) is 19.7 Å². The Bertz CT molecular complexity index is 688. The first-order valence-electron chi connectivity index (χ1n) is 6.47. The van der Waals surface area contributed by atoms with Gasteiger partial charge in [-0.25, -0.2) is 4.79 Å². The van der Waals surface area contributed by atoms with E-state index in [0.717, 1.165) is 11.0 Å². The number of nitro groups is 1. The molecule has 0 fully saturated rings. The van der Waals surface area contributed by atoms with Crippen LogP contribution >= 0.6 is 0 Å². The fourth-order valence-corrected chi connectivity index (χ4v) is 2.07. The van der Waals surface area contributed by atoms with Gasteiger partial charge in [0.2, 0.25) is 5.91 Å². The molecule has 0 aliphatic carbocycles. The number of carboxylic acid groups (broad SMARTS) is 1. The zero-order valence-electron chi connectivity index (χ0n) is 12.1. The molecule has 1 aromatic rings. The molecular formula is C13H13N3O7. The standard InChI is InChI=1S/C13H13N3O7/c1-14(6-12(18)19)11(17)5-15-7-13(20)23-10-4-8(16(21)22)2-3-9(10)15/h2-4H,5-7H2,1H3,(H,18,19). The van der Waals surface area contributed by atoms with E-state index in [2.05, 4.69) is 0 Å². The van der Waals surface area contributed by atoms with Crippen LogP contribution in [0.5, 0.6) is 5.75 Å². The summed E-state index contributed by atoms with van der Waals surface area (Å²) in [5.74, 6) is -2.34. The lowest BCUT2D eigenvalue weighted by atomic mass is 10.2. The summed E-state index contributed by atoms with van der Waals surface area (Å²) < 4.78 is 4.96. The number of benzene rings is 1.